The normalized spacial score (nSPS) is 11.2. The third-order valence-corrected chi connectivity index (χ3v) is 2.04. The molecule has 0 aromatic heterocycles. The lowest BCUT2D eigenvalue weighted by molar-refractivity contribution is 0.142. The topological polar surface area (TPSA) is 33.6 Å². The zero-order valence-electron chi connectivity index (χ0n) is 10.0. The molecule has 0 aliphatic heterocycles. The van der Waals surface area contributed by atoms with Crippen LogP contribution in [0.3, 0.4) is 0 Å². The molecule has 3 nitrogen and oxygen atoms in total. The van der Waals surface area contributed by atoms with Gasteiger partial charge < -0.3 is 10.2 Å². The van der Waals surface area contributed by atoms with Crippen LogP contribution in [0.1, 0.15) is 25.8 Å². The largest absolute Gasteiger partial charge is 0.396 e. The first kappa shape index (κ1) is 12.7. The fourth-order valence-corrected chi connectivity index (χ4v) is 1.22. The monoisotopic (exact) mass is 220 g/mol. The molecule has 0 fully saturated rings. The lowest BCUT2D eigenvalue weighted by Gasteiger charge is -2.06. The summed E-state index contributed by atoms with van der Waals surface area (Å²) in [6.45, 7) is 5.89. The van der Waals surface area contributed by atoms with Crippen LogP contribution in [0.2, 0.25) is 0 Å². The first-order chi connectivity index (χ1) is 7.79. The highest BCUT2D eigenvalue weighted by Gasteiger charge is 1.91. The third-order valence-electron chi connectivity index (χ3n) is 2.04. The predicted octanol–water partition coefficient (Wildman–Crippen LogP) is 2.43. The Labute approximate surface area is 97.5 Å². The number of oxime groups is 1. The van der Waals surface area contributed by atoms with Gasteiger partial charge >= 0.3 is 0 Å². The number of benzene rings is 1. The standard InChI is InChI=1S/C13H20N2O/c1-12(2)14-9-6-10-16-15-11-13-7-4-3-5-8-13/h3-5,7-8,11-12,14H,6,9-10H2,1-2H3/b15-11+. The molecule has 0 bridgehead atoms. The summed E-state index contributed by atoms with van der Waals surface area (Å²) in [4.78, 5) is 5.15. The van der Waals surface area contributed by atoms with Gasteiger partial charge in [-0.15, -0.1) is 0 Å². The average Bonchev–Trinajstić information content (AvgIpc) is 2.29. The molecule has 0 spiro atoms. The molecule has 1 N–H and O–H groups in total. The zero-order valence-corrected chi connectivity index (χ0v) is 10.0. The smallest absolute Gasteiger partial charge is 0.118 e. The van der Waals surface area contributed by atoms with Crippen molar-refractivity contribution in [1.29, 1.82) is 0 Å². The molecule has 0 saturated carbocycles. The Morgan fingerprint density at radius 2 is 2.06 bits per heavy atom. The first-order valence-electron chi connectivity index (χ1n) is 5.73. The van der Waals surface area contributed by atoms with Crippen molar-refractivity contribution in [2.75, 3.05) is 13.2 Å². The summed E-state index contributed by atoms with van der Waals surface area (Å²) in [6.07, 6.45) is 2.71. The van der Waals surface area contributed by atoms with Crippen LogP contribution in [0.25, 0.3) is 0 Å². The summed E-state index contributed by atoms with van der Waals surface area (Å²) in [7, 11) is 0. The van der Waals surface area contributed by atoms with Crippen molar-refractivity contribution in [1.82, 2.24) is 5.32 Å². The number of nitrogens with one attached hydrogen (secondary N) is 1. The highest BCUT2D eigenvalue weighted by molar-refractivity contribution is 5.78. The van der Waals surface area contributed by atoms with Crippen molar-refractivity contribution in [3.05, 3.63) is 35.9 Å². The van der Waals surface area contributed by atoms with E-state index in [0.717, 1.165) is 18.5 Å². The van der Waals surface area contributed by atoms with Gasteiger partial charge in [0.1, 0.15) is 6.61 Å². The second kappa shape index (κ2) is 7.88. The van der Waals surface area contributed by atoms with Gasteiger partial charge in [0.2, 0.25) is 0 Å². The van der Waals surface area contributed by atoms with Gasteiger partial charge in [0.15, 0.2) is 0 Å². The minimum absolute atomic E-state index is 0.535. The molecule has 16 heavy (non-hydrogen) atoms. The molecule has 0 aliphatic carbocycles. The number of nitrogens with zero attached hydrogens (tertiary/aromatic N) is 1. The van der Waals surface area contributed by atoms with Crippen molar-refractivity contribution < 1.29 is 4.84 Å². The lowest BCUT2D eigenvalue weighted by atomic mass is 10.2. The summed E-state index contributed by atoms with van der Waals surface area (Å²) < 4.78 is 0. The third kappa shape index (κ3) is 6.19. The zero-order chi connectivity index (χ0) is 11.6. The van der Waals surface area contributed by atoms with Crippen molar-refractivity contribution in [3.63, 3.8) is 0 Å². The van der Waals surface area contributed by atoms with Crippen LogP contribution in [0.5, 0.6) is 0 Å². The van der Waals surface area contributed by atoms with Gasteiger partial charge in [0.25, 0.3) is 0 Å². The van der Waals surface area contributed by atoms with Crippen LogP contribution in [0.4, 0.5) is 0 Å². The minimum Gasteiger partial charge on any atom is -0.396 e. The van der Waals surface area contributed by atoms with Crippen LogP contribution in [-0.2, 0) is 4.84 Å². The summed E-state index contributed by atoms with van der Waals surface area (Å²) >= 11 is 0. The molecule has 0 heterocycles. The molecule has 1 aromatic carbocycles. The van der Waals surface area contributed by atoms with E-state index in [4.69, 9.17) is 4.84 Å². The van der Waals surface area contributed by atoms with E-state index in [1.165, 1.54) is 0 Å². The van der Waals surface area contributed by atoms with Crippen molar-refractivity contribution in [2.45, 2.75) is 26.3 Å². The van der Waals surface area contributed by atoms with E-state index in [1.807, 2.05) is 30.3 Å². The second-order valence-electron chi connectivity index (χ2n) is 3.94. The average molecular weight is 220 g/mol. The molecule has 0 amide bonds. The van der Waals surface area contributed by atoms with E-state index < -0.39 is 0 Å². The van der Waals surface area contributed by atoms with E-state index >= 15 is 0 Å². The molecular formula is C13H20N2O. The predicted molar refractivity (Wildman–Crippen MR) is 67.7 cm³/mol. The Kier molecular flexibility index (Phi) is 6.26. The number of rotatable bonds is 7. The maximum Gasteiger partial charge on any atom is 0.118 e. The molecular weight excluding hydrogens is 200 g/mol. The molecule has 88 valence electrons. The van der Waals surface area contributed by atoms with Gasteiger partial charge in [-0.2, -0.15) is 0 Å². The van der Waals surface area contributed by atoms with Gasteiger partial charge in [0.05, 0.1) is 6.21 Å². The fourth-order valence-electron chi connectivity index (χ4n) is 1.22. The summed E-state index contributed by atoms with van der Waals surface area (Å²) in [5, 5.41) is 7.23. The number of hydrogen-bond acceptors (Lipinski definition) is 3. The van der Waals surface area contributed by atoms with Crippen LogP contribution >= 0.6 is 0 Å². The minimum atomic E-state index is 0.535. The molecule has 0 unspecified atom stereocenters. The van der Waals surface area contributed by atoms with Crippen LogP contribution < -0.4 is 5.32 Å². The molecule has 0 saturated heterocycles. The second-order valence-corrected chi connectivity index (χ2v) is 3.94. The molecule has 1 rings (SSSR count). The Morgan fingerprint density at radius 1 is 1.31 bits per heavy atom. The van der Waals surface area contributed by atoms with Gasteiger partial charge in [0, 0.05) is 6.04 Å². The maximum absolute atomic E-state index is 5.15. The van der Waals surface area contributed by atoms with E-state index in [-0.39, 0.29) is 0 Å². The van der Waals surface area contributed by atoms with E-state index in [2.05, 4.69) is 24.3 Å². The Bertz CT molecular complexity index is 296. The molecule has 0 aliphatic rings. The highest BCUT2D eigenvalue weighted by atomic mass is 16.6. The SMILES string of the molecule is CC(C)NCCCO/N=C/c1ccccc1. The van der Waals surface area contributed by atoms with Crippen molar-refractivity contribution in [3.8, 4) is 0 Å². The molecule has 1 aromatic rings. The first-order valence-corrected chi connectivity index (χ1v) is 5.73. The molecule has 0 atom stereocenters. The lowest BCUT2D eigenvalue weighted by Crippen LogP contribution is -2.24. The number of hydrogen-bond donors (Lipinski definition) is 1. The summed E-state index contributed by atoms with van der Waals surface area (Å²) in [5.74, 6) is 0. The molecule has 3 heteroatoms. The van der Waals surface area contributed by atoms with E-state index in [0.29, 0.717) is 12.6 Å². The van der Waals surface area contributed by atoms with E-state index in [9.17, 15) is 0 Å². The van der Waals surface area contributed by atoms with E-state index in [1.54, 1.807) is 6.21 Å². The van der Waals surface area contributed by atoms with Gasteiger partial charge in [-0.1, -0.05) is 49.3 Å². The van der Waals surface area contributed by atoms with Gasteiger partial charge in [-0.25, -0.2) is 0 Å². The van der Waals surface area contributed by atoms with Crippen molar-refractivity contribution >= 4 is 6.21 Å². The quantitative estimate of drug-likeness (QED) is 0.435. The van der Waals surface area contributed by atoms with Gasteiger partial charge in [-0.05, 0) is 18.5 Å². The van der Waals surface area contributed by atoms with Crippen molar-refractivity contribution in [2.24, 2.45) is 5.16 Å². The molecule has 0 radical (unpaired) electrons. The summed E-state index contributed by atoms with van der Waals surface area (Å²) in [5.41, 5.74) is 1.06. The highest BCUT2D eigenvalue weighted by Crippen LogP contribution is 1.94. The van der Waals surface area contributed by atoms with Gasteiger partial charge in [-0.3, -0.25) is 0 Å². The van der Waals surface area contributed by atoms with Crippen LogP contribution in [0, 0.1) is 0 Å². The van der Waals surface area contributed by atoms with Crippen LogP contribution in [0.15, 0.2) is 35.5 Å². The Balaban J connectivity index is 2.05. The maximum atomic E-state index is 5.15. The van der Waals surface area contributed by atoms with Crippen LogP contribution in [-0.4, -0.2) is 25.4 Å². The Morgan fingerprint density at radius 3 is 2.75 bits per heavy atom. The Hall–Kier alpha value is -1.35. The fraction of sp³-hybridized carbons (Fsp3) is 0.462. The summed E-state index contributed by atoms with van der Waals surface area (Å²) in [6, 6.07) is 10.5.